The third-order valence-electron chi connectivity index (χ3n) is 5.32. The number of nitrogens with two attached hydrogens (primary N) is 1. The molecular weight excluding hydrogens is 577 g/mol. The van der Waals surface area contributed by atoms with Crippen molar-refractivity contribution in [1.82, 2.24) is 35.1 Å². The maximum absolute atomic E-state index is 12.8. The number of methoxy groups -OCH3 is 1. The van der Waals surface area contributed by atoms with Crippen LogP contribution in [-0.2, 0) is 0 Å². The van der Waals surface area contributed by atoms with Crippen molar-refractivity contribution in [2.24, 2.45) is 5.73 Å². The SMILES string of the molecule is C=CCN(CCNC(N)=O)C(=O)Nc1ncc(-c2cc(-c3c(Cl)cc(OC)cc3Cl)nc(-c3cnccn3)n2)s1. The Morgan fingerprint density at radius 1 is 1.10 bits per heavy atom. The topological polar surface area (TPSA) is 161 Å². The van der Waals surface area contributed by atoms with Gasteiger partial charge in [0.15, 0.2) is 11.0 Å². The molecule has 4 aromatic rings. The number of anilines is 1. The Hall–Kier alpha value is -4.33. The van der Waals surface area contributed by atoms with Crippen LogP contribution in [0.25, 0.3) is 33.3 Å². The fraction of sp³-hybridized carbons (Fsp3) is 0.160. The number of urea groups is 2. The van der Waals surface area contributed by atoms with Gasteiger partial charge in [-0.25, -0.2) is 29.5 Å². The van der Waals surface area contributed by atoms with Crippen LogP contribution in [0.15, 0.2) is 55.6 Å². The number of primary amides is 1. The summed E-state index contributed by atoms with van der Waals surface area (Å²) >= 11 is 14.3. The lowest BCUT2D eigenvalue weighted by atomic mass is 10.1. The lowest BCUT2D eigenvalue weighted by Gasteiger charge is -2.20. The van der Waals surface area contributed by atoms with E-state index >= 15 is 0 Å². The second kappa shape index (κ2) is 13.2. The highest BCUT2D eigenvalue weighted by Crippen LogP contribution is 2.39. The van der Waals surface area contributed by atoms with Crippen LogP contribution in [0, 0.1) is 0 Å². The second-order valence-corrected chi connectivity index (χ2v) is 9.85. The summed E-state index contributed by atoms with van der Waals surface area (Å²) < 4.78 is 5.26. The molecule has 3 aromatic heterocycles. The number of hydrogen-bond donors (Lipinski definition) is 3. The van der Waals surface area contributed by atoms with E-state index in [4.69, 9.17) is 33.7 Å². The Balaban J connectivity index is 1.67. The van der Waals surface area contributed by atoms with E-state index in [9.17, 15) is 9.59 Å². The molecule has 0 spiro atoms. The van der Waals surface area contributed by atoms with Crippen molar-refractivity contribution in [3.8, 4) is 39.1 Å². The van der Waals surface area contributed by atoms with Gasteiger partial charge in [0, 0.05) is 43.8 Å². The molecule has 0 saturated heterocycles. The highest BCUT2D eigenvalue weighted by Gasteiger charge is 2.19. The van der Waals surface area contributed by atoms with Gasteiger partial charge in [-0.15, -0.1) is 6.58 Å². The number of carbonyl (C=O) groups is 2. The lowest BCUT2D eigenvalue weighted by molar-refractivity contribution is 0.216. The summed E-state index contributed by atoms with van der Waals surface area (Å²) in [6.07, 6.45) is 7.77. The molecule has 0 radical (unpaired) electrons. The van der Waals surface area contributed by atoms with Crippen LogP contribution in [0.5, 0.6) is 5.75 Å². The number of aromatic nitrogens is 5. The summed E-state index contributed by atoms with van der Waals surface area (Å²) in [4.78, 5) is 48.0. The maximum Gasteiger partial charge on any atom is 0.323 e. The van der Waals surface area contributed by atoms with E-state index in [0.717, 1.165) is 0 Å². The van der Waals surface area contributed by atoms with Gasteiger partial charge in [-0.1, -0.05) is 40.6 Å². The Kier molecular flexibility index (Phi) is 9.43. The van der Waals surface area contributed by atoms with Gasteiger partial charge in [0.1, 0.15) is 11.4 Å². The number of ether oxygens (including phenoxy) is 1. The number of nitrogens with one attached hydrogen (secondary N) is 2. The minimum atomic E-state index is -0.675. The first-order valence-electron chi connectivity index (χ1n) is 11.6. The molecule has 40 heavy (non-hydrogen) atoms. The fourth-order valence-corrected chi connectivity index (χ4v) is 4.94. The van der Waals surface area contributed by atoms with E-state index in [0.29, 0.717) is 54.3 Å². The Morgan fingerprint density at radius 3 is 2.50 bits per heavy atom. The molecule has 206 valence electrons. The average molecular weight is 600 g/mol. The van der Waals surface area contributed by atoms with Crippen molar-refractivity contribution in [3.63, 3.8) is 0 Å². The molecule has 12 nitrogen and oxygen atoms in total. The molecule has 4 N–H and O–H groups in total. The van der Waals surface area contributed by atoms with Gasteiger partial charge in [-0.2, -0.15) is 0 Å². The average Bonchev–Trinajstić information content (AvgIpc) is 3.40. The summed E-state index contributed by atoms with van der Waals surface area (Å²) in [6.45, 7) is 4.33. The van der Waals surface area contributed by atoms with Crippen LogP contribution in [0.2, 0.25) is 10.0 Å². The van der Waals surface area contributed by atoms with E-state index in [-0.39, 0.29) is 19.6 Å². The number of rotatable bonds is 10. The molecule has 1 aromatic carbocycles. The number of nitrogens with zero attached hydrogens (tertiary/aromatic N) is 6. The van der Waals surface area contributed by atoms with Gasteiger partial charge in [0.2, 0.25) is 0 Å². The van der Waals surface area contributed by atoms with Gasteiger partial charge in [0.25, 0.3) is 0 Å². The predicted molar refractivity (Wildman–Crippen MR) is 155 cm³/mol. The van der Waals surface area contributed by atoms with Crippen LogP contribution in [-0.4, -0.2) is 68.6 Å². The first-order chi connectivity index (χ1) is 19.3. The van der Waals surface area contributed by atoms with Crippen LogP contribution < -0.4 is 21.1 Å². The molecule has 0 aliphatic carbocycles. The maximum atomic E-state index is 12.8. The Morgan fingerprint density at radius 2 is 1.85 bits per heavy atom. The largest absolute Gasteiger partial charge is 0.497 e. The number of amides is 4. The van der Waals surface area contributed by atoms with Crippen molar-refractivity contribution in [1.29, 1.82) is 0 Å². The van der Waals surface area contributed by atoms with Gasteiger partial charge >= 0.3 is 12.1 Å². The zero-order valence-electron chi connectivity index (χ0n) is 21.1. The smallest absolute Gasteiger partial charge is 0.323 e. The molecule has 0 saturated carbocycles. The first-order valence-corrected chi connectivity index (χ1v) is 13.2. The highest BCUT2D eigenvalue weighted by molar-refractivity contribution is 7.19. The van der Waals surface area contributed by atoms with Gasteiger partial charge in [-0.05, 0) is 18.2 Å². The lowest BCUT2D eigenvalue weighted by Crippen LogP contribution is -2.42. The van der Waals surface area contributed by atoms with Crippen molar-refractivity contribution in [2.45, 2.75) is 0 Å². The van der Waals surface area contributed by atoms with Crippen LogP contribution in [0.4, 0.5) is 14.7 Å². The molecule has 0 unspecified atom stereocenters. The van der Waals surface area contributed by atoms with Crippen molar-refractivity contribution in [3.05, 3.63) is 65.7 Å². The minimum absolute atomic E-state index is 0.186. The normalized spacial score (nSPS) is 10.6. The minimum Gasteiger partial charge on any atom is -0.497 e. The summed E-state index contributed by atoms with van der Waals surface area (Å²) in [5.41, 5.74) is 6.97. The van der Waals surface area contributed by atoms with Crippen molar-refractivity contribution >= 4 is 51.7 Å². The second-order valence-electron chi connectivity index (χ2n) is 8.00. The van der Waals surface area contributed by atoms with E-state index in [1.807, 2.05) is 0 Å². The zero-order chi connectivity index (χ0) is 28.6. The quantitative estimate of drug-likeness (QED) is 0.220. The van der Waals surface area contributed by atoms with Gasteiger partial charge in [-0.3, -0.25) is 10.3 Å². The number of hydrogen-bond acceptors (Lipinski definition) is 9. The molecule has 0 atom stereocenters. The van der Waals surface area contributed by atoms with Crippen molar-refractivity contribution in [2.75, 3.05) is 32.1 Å². The number of thiazole rings is 1. The van der Waals surface area contributed by atoms with Crippen LogP contribution in [0.3, 0.4) is 0 Å². The van der Waals surface area contributed by atoms with Gasteiger partial charge < -0.3 is 20.7 Å². The molecular formula is C25H23Cl2N9O3S. The van der Waals surface area contributed by atoms with Gasteiger partial charge in [0.05, 0.1) is 39.6 Å². The number of benzene rings is 1. The molecule has 3 heterocycles. The molecule has 15 heteroatoms. The van der Waals surface area contributed by atoms with E-state index in [2.05, 4.69) is 42.1 Å². The molecule has 0 bridgehead atoms. The molecule has 0 fully saturated rings. The summed E-state index contributed by atoms with van der Waals surface area (Å²) in [5, 5.41) is 6.22. The third kappa shape index (κ3) is 7.00. The molecule has 0 aliphatic rings. The summed E-state index contributed by atoms with van der Waals surface area (Å²) in [5.74, 6) is 0.794. The van der Waals surface area contributed by atoms with Crippen LogP contribution >= 0.6 is 34.5 Å². The van der Waals surface area contributed by atoms with E-state index in [1.165, 1.54) is 29.5 Å². The Bertz CT molecular complexity index is 1510. The summed E-state index contributed by atoms with van der Waals surface area (Å²) in [7, 11) is 1.52. The fourth-order valence-electron chi connectivity index (χ4n) is 3.51. The summed E-state index contributed by atoms with van der Waals surface area (Å²) in [6, 6.07) is 3.90. The standard InChI is InChI=1S/C25H23Cl2N9O3S/c1-3-7-36(8-6-31-23(28)37)25(38)35-24-32-13-20(40-24)17-11-18(21-15(26)9-14(39-2)10-16(21)27)34-22(33-17)19-12-29-4-5-30-19/h3-5,9-13H,1,6-8H2,2H3,(H3,28,31,37)(H,32,35,38). The molecule has 4 rings (SSSR count). The Labute approximate surface area is 243 Å². The monoisotopic (exact) mass is 599 g/mol. The van der Waals surface area contributed by atoms with E-state index < -0.39 is 12.1 Å². The zero-order valence-corrected chi connectivity index (χ0v) is 23.4. The first kappa shape index (κ1) is 28.7. The highest BCUT2D eigenvalue weighted by atomic mass is 35.5. The molecule has 0 aliphatic heterocycles. The van der Waals surface area contributed by atoms with E-state index in [1.54, 1.807) is 42.9 Å². The predicted octanol–water partition coefficient (Wildman–Crippen LogP) is 4.73. The number of carbonyl (C=O) groups excluding carboxylic acids is 2. The number of halogens is 2. The third-order valence-corrected chi connectivity index (χ3v) is 6.85. The van der Waals surface area contributed by atoms with Crippen LogP contribution in [0.1, 0.15) is 0 Å². The molecule has 4 amide bonds. The van der Waals surface area contributed by atoms with Crippen molar-refractivity contribution < 1.29 is 14.3 Å².